The minimum absolute atomic E-state index is 0.0245. The largest absolute Gasteiger partial charge is 0.478 e. The molecule has 0 saturated carbocycles. The van der Waals surface area contributed by atoms with Gasteiger partial charge in [-0.05, 0) is 34.0 Å². The van der Waals surface area contributed by atoms with E-state index in [1.54, 1.807) is 0 Å². The third kappa shape index (κ3) is 4.51. The summed E-state index contributed by atoms with van der Waals surface area (Å²) in [6.07, 6.45) is 2.61. The molecule has 0 aliphatic heterocycles. The number of pyridine rings is 1. The average molecular weight is 280 g/mol. The molecule has 0 fully saturated rings. The van der Waals surface area contributed by atoms with E-state index >= 15 is 0 Å². The highest BCUT2D eigenvalue weighted by Crippen LogP contribution is 2.10. The van der Waals surface area contributed by atoms with Crippen molar-refractivity contribution in [3.8, 4) is 0 Å². The molecule has 110 valence electrons. The van der Waals surface area contributed by atoms with Crippen molar-refractivity contribution in [3.05, 3.63) is 24.0 Å². The Morgan fingerprint density at radius 3 is 2.55 bits per heavy atom. The lowest BCUT2D eigenvalue weighted by molar-refractivity contribution is 0.0696. The van der Waals surface area contributed by atoms with Crippen molar-refractivity contribution in [2.24, 2.45) is 0 Å². The number of likely N-dealkylation sites (N-methyl/N-ethyl adjacent to an activating group) is 1. The van der Waals surface area contributed by atoms with Crippen LogP contribution >= 0.6 is 0 Å². The monoisotopic (exact) mass is 280 g/mol. The first-order valence-electron chi connectivity index (χ1n) is 6.13. The number of aromatic nitrogens is 1. The number of carbonyl (C=O) groups excluding carboxylic acids is 1. The van der Waals surface area contributed by atoms with Gasteiger partial charge in [-0.3, -0.25) is 4.98 Å². The second kappa shape index (κ2) is 6.33. The molecule has 20 heavy (non-hydrogen) atoms. The number of aromatic carboxylic acids is 1. The molecular formula is C13H20N4O3. The molecule has 1 aromatic heterocycles. The molecular weight excluding hydrogens is 260 g/mol. The molecule has 0 bridgehead atoms. The lowest BCUT2D eigenvalue weighted by atomic mass is 10.1. The Balaban J connectivity index is 2.59. The van der Waals surface area contributed by atoms with E-state index in [-0.39, 0.29) is 11.1 Å². The Bertz CT molecular complexity index is 500. The van der Waals surface area contributed by atoms with Crippen molar-refractivity contribution < 1.29 is 14.7 Å². The number of rotatable bonds is 5. The van der Waals surface area contributed by atoms with Crippen molar-refractivity contribution >= 4 is 17.7 Å². The number of hydrogen-bond acceptors (Lipinski definition) is 4. The predicted molar refractivity (Wildman–Crippen MR) is 76.0 cm³/mol. The van der Waals surface area contributed by atoms with E-state index < -0.39 is 12.0 Å². The van der Waals surface area contributed by atoms with Gasteiger partial charge in [-0.15, -0.1) is 0 Å². The first-order chi connectivity index (χ1) is 9.22. The molecule has 1 rings (SSSR count). The first kappa shape index (κ1) is 15.9. The van der Waals surface area contributed by atoms with Crippen LogP contribution in [0.3, 0.4) is 0 Å². The number of nitrogens with zero attached hydrogens (tertiary/aromatic N) is 2. The normalized spacial score (nSPS) is 11.2. The second-order valence-electron chi connectivity index (χ2n) is 5.28. The van der Waals surface area contributed by atoms with Gasteiger partial charge in [0.15, 0.2) is 0 Å². The smallest absolute Gasteiger partial charge is 0.337 e. The summed E-state index contributed by atoms with van der Waals surface area (Å²) in [6, 6.07) is 0.954. The van der Waals surface area contributed by atoms with Gasteiger partial charge in [0, 0.05) is 18.3 Å². The van der Waals surface area contributed by atoms with Gasteiger partial charge in [0.25, 0.3) is 0 Å². The maximum Gasteiger partial charge on any atom is 0.337 e. The molecule has 1 aromatic rings. The number of amides is 2. The summed E-state index contributed by atoms with van der Waals surface area (Å²) in [4.78, 5) is 28.3. The van der Waals surface area contributed by atoms with Crippen molar-refractivity contribution in [3.63, 3.8) is 0 Å². The quantitative estimate of drug-likeness (QED) is 0.754. The molecule has 0 radical (unpaired) electrons. The van der Waals surface area contributed by atoms with Gasteiger partial charge in [0.05, 0.1) is 17.4 Å². The van der Waals surface area contributed by atoms with E-state index in [0.29, 0.717) is 12.2 Å². The summed E-state index contributed by atoms with van der Waals surface area (Å²) in [5.74, 6) is -1.09. The van der Waals surface area contributed by atoms with Crippen LogP contribution in [-0.4, -0.2) is 53.2 Å². The minimum Gasteiger partial charge on any atom is -0.478 e. The molecule has 0 spiro atoms. The summed E-state index contributed by atoms with van der Waals surface area (Å²) >= 11 is 0. The van der Waals surface area contributed by atoms with Crippen LogP contribution in [0.1, 0.15) is 24.2 Å². The maximum atomic E-state index is 11.7. The molecule has 0 saturated heterocycles. The summed E-state index contributed by atoms with van der Waals surface area (Å²) in [5, 5.41) is 14.1. The standard InChI is InChI=1S/C13H20N4O3/c1-13(2,17(3)4)8-15-12(20)16-10-5-9(11(18)19)6-14-7-10/h5-7H,8H2,1-4H3,(H,18,19)(H2,15,16,20). The fraction of sp³-hybridized carbons (Fsp3) is 0.462. The third-order valence-corrected chi connectivity index (χ3v) is 3.14. The fourth-order valence-corrected chi connectivity index (χ4v) is 1.26. The van der Waals surface area contributed by atoms with E-state index in [1.807, 2.05) is 32.8 Å². The SMILES string of the molecule is CN(C)C(C)(C)CNC(=O)Nc1cncc(C(=O)O)c1. The lowest BCUT2D eigenvalue weighted by Gasteiger charge is -2.32. The van der Waals surface area contributed by atoms with Gasteiger partial charge < -0.3 is 20.6 Å². The van der Waals surface area contributed by atoms with E-state index in [2.05, 4.69) is 15.6 Å². The van der Waals surface area contributed by atoms with Crippen LogP contribution in [0, 0.1) is 0 Å². The van der Waals surface area contributed by atoms with Gasteiger partial charge in [0.1, 0.15) is 0 Å². The summed E-state index contributed by atoms with van der Waals surface area (Å²) in [5.41, 5.74) is 0.180. The molecule has 0 unspecified atom stereocenters. The Kier molecular flexibility index (Phi) is 5.04. The fourth-order valence-electron chi connectivity index (χ4n) is 1.26. The molecule has 7 heteroatoms. The summed E-state index contributed by atoms with van der Waals surface area (Å²) in [7, 11) is 3.86. The van der Waals surface area contributed by atoms with Crippen molar-refractivity contribution in [2.75, 3.05) is 26.0 Å². The summed E-state index contributed by atoms with van der Waals surface area (Å²) in [6.45, 7) is 4.46. The topological polar surface area (TPSA) is 94.6 Å². The van der Waals surface area contributed by atoms with Crippen molar-refractivity contribution in [1.82, 2.24) is 15.2 Å². The van der Waals surface area contributed by atoms with Crippen LogP contribution in [0.2, 0.25) is 0 Å². The molecule has 7 nitrogen and oxygen atoms in total. The minimum atomic E-state index is -1.09. The molecule has 2 amide bonds. The highest BCUT2D eigenvalue weighted by atomic mass is 16.4. The predicted octanol–water partition coefficient (Wildman–Crippen LogP) is 1.24. The number of urea groups is 1. The number of hydrogen-bond donors (Lipinski definition) is 3. The maximum absolute atomic E-state index is 11.7. The average Bonchev–Trinajstić information content (AvgIpc) is 2.36. The van der Waals surface area contributed by atoms with Crippen LogP contribution in [0.25, 0.3) is 0 Å². The number of anilines is 1. The number of nitrogens with one attached hydrogen (secondary N) is 2. The number of carboxylic acids is 1. The highest BCUT2D eigenvalue weighted by molar-refractivity contribution is 5.92. The van der Waals surface area contributed by atoms with E-state index in [9.17, 15) is 9.59 Å². The van der Waals surface area contributed by atoms with Gasteiger partial charge in [-0.2, -0.15) is 0 Å². The lowest BCUT2D eigenvalue weighted by Crippen LogP contribution is -2.49. The van der Waals surface area contributed by atoms with E-state index in [0.717, 1.165) is 0 Å². The van der Waals surface area contributed by atoms with Crippen LogP contribution in [0.15, 0.2) is 18.5 Å². The van der Waals surface area contributed by atoms with Crippen LogP contribution in [0.4, 0.5) is 10.5 Å². The van der Waals surface area contributed by atoms with Gasteiger partial charge in [-0.1, -0.05) is 0 Å². The van der Waals surface area contributed by atoms with Crippen molar-refractivity contribution in [2.45, 2.75) is 19.4 Å². The van der Waals surface area contributed by atoms with Gasteiger partial charge in [-0.25, -0.2) is 9.59 Å². The number of carboxylic acid groups (broad SMARTS) is 1. The van der Waals surface area contributed by atoms with Crippen LogP contribution in [-0.2, 0) is 0 Å². The molecule has 0 aliphatic carbocycles. The molecule has 0 aromatic carbocycles. The zero-order valence-corrected chi connectivity index (χ0v) is 12.1. The van der Waals surface area contributed by atoms with E-state index in [4.69, 9.17) is 5.11 Å². The molecule has 0 aliphatic rings. The zero-order chi connectivity index (χ0) is 15.3. The highest BCUT2D eigenvalue weighted by Gasteiger charge is 2.21. The molecule has 3 N–H and O–H groups in total. The Morgan fingerprint density at radius 2 is 2.00 bits per heavy atom. The molecule has 1 heterocycles. The van der Waals surface area contributed by atoms with Gasteiger partial charge >= 0.3 is 12.0 Å². The van der Waals surface area contributed by atoms with E-state index in [1.165, 1.54) is 18.5 Å². The second-order valence-corrected chi connectivity index (χ2v) is 5.28. The Hall–Kier alpha value is -2.15. The zero-order valence-electron chi connectivity index (χ0n) is 12.1. The van der Waals surface area contributed by atoms with Crippen LogP contribution < -0.4 is 10.6 Å². The van der Waals surface area contributed by atoms with Crippen LogP contribution in [0.5, 0.6) is 0 Å². The Labute approximate surface area is 118 Å². The van der Waals surface area contributed by atoms with Gasteiger partial charge in [0.2, 0.25) is 0 Å². The van der Waals surface area contributed by atoms with Crippen molar-refractivity contribution in [1.29, 1.82) is 0 Å². The Morgan fingerprint density at radius 1 is 1.35 bits per heavy atom. The summed E-state index contributed by atoms with van der Waals surface area (Å²) < 4.78 is 0. The third-order valence-electron chi connectivity index (χ3n) is 3.14. The molecule has 0 atom stereocenters. The first-order valence-corrected chi connectivity index (χ1v) is 6.13. The number of carbonyl (C=O) groups is 2.